The summed E-state index contributed by atoms with van der Waals surface area (Å²) in [6, 6.07) is 6.63. The van der Waals surface area contributed by atoms with Gasteiger partial charge in [-0.2, -0.15) is 14.1 Å². The Kier molecular flexibility index (Phi) is 4.50. The molecule has 1 aliphatic rings. The van der Waals surface area contributed by atoms with E-state index in [1.807, 2.05) is 0 Å². The zero-order chi connectivity index (χ0) is 17.5. The molecule has 1 saturated heterocycles. The largest absolute Gasteiger partial charge is 0.279 e. The van der Waals surface area contributed by atoms with Crippen molar-refractivity contribution in [2.24, 2.45) is 0 Å². The van der Waals surface area contributed by atoms with Crippen molar-refractivity contribution in [2.45, 2.75) is 31.6 Å². The molecule has 0 bridgehead atoms. The number of halogens is 1. The van der Waals surface area contributed by atoms with Crippen LogP contribution in [0.3, 0.4) is 0 Å². The van der Waals surface area contributed by atoms with Gasteiger partial charge < -0.3 is 0 Å². The van der Waals surface area contributed by atoms with Gasteiger partial charge in [-0.3, -0.25) is 4.79 Å². The van der Waals surface area contributed by atoms with Crippen molar-refractivity contribution in [2.75, 3.05) is 13.1 Å². The van der Waals surface area contributed by atoms with Crippen LogP contribution in [0.4, 0.5) is 0 Å². The predicted octanol–water partition coefficient (Wildman–Crippen LogP) is 2.63. The summed E-state index contributed by atoms with van der Waals surface area (Å²) in [7, 11) is -3.64. The molecule has 24 heavy (non-hydrogen) atoms. The van der Waals surface area contributed by atoms with Gasteiger partial charge in [-0.05, 0) is 38.8 Å². The minimum absolute atomic E-state index is 0.116. The van der Waals surface area contributed by atoms with Crippen LogP contribution in [0.25, 0.3) is 0 Å². The van der Waals surface area contributed by atoms with Crippen molar-refractivity contribution in [3.8, 4) is 0 Å². The lowest BCUT2D eigenvalue weighted by atomic mass is 10.2. The Hall–Kier alpha value is -1.70. The Labute approximate surface area is 146 Å². The highest BCUT2D eigenvalue weighted by atomic mass is 35.5. The molecule has 0 saturated carbocycles. The lowest BCUT2D eigenvalue weighted by Gasteiger charge is -2.15. The van der Waals surface area contributed by atoms with E-state index in [2.05, 4.69) is 5.10 Å². The second-order valence-electron chi connectivity index (χ2n) is 5.81. The maximum absolute atomic E-state index is 12.9. The number of nitrogens with zero attached hydrogens (tertiary/aromatic N) is 3. The molecule has 1 aromatic heterocycles. The molecule has 2 aromatic rings. The lowest BCUT2D eigenvalue weighted by molar-refractivity contribution is 0.0942. The molecule has 0 aliphatic carbocycles. The van der Waals surface area contributed by atoms with Gasteiger partial charge in [0.25, 0.3) is 5.91 Å². The first-order valence-corrected chi connectivity index (χ1v) is 9.51. The van der Waals surface area contributed by atoms with Crippen molar-refractivity contribution in [1.29, 1.82) is 0 Å². The van der Waals surface area contributed by atoms with E-state index < -0.39 is 15.9 Å². The van der Waals surface area contributed by atoms with Gasteiger partial charge in [0.1, 0.15) is 4.90 Å². The number of carbonyl (C=O) groups excluding carboxylic acids is 1. The summed E-state index contributed by atoms with van der Waals surface area (Å²) in [5.74, 6) is -0.441. The quantitative estimate of drug-likeness (QED) is 0.836. The molecule has 0 radical (unpaired) electrons. The Balaban J connectivity index is 2.07. The third kappa shape index (κ3) is 2.76. The van der Waals surface area contributed by atoms with Gasteiger partial charge in [0, 0.05) is 13.1 Å². The molecule has 0 unspecified atom stereocenters. The Bertz CT molecular complexity index is 899. The first-order valence-electron chi connectivity index (χ1n) is 7.69. The van der Waals surface area contributed by atoms with Gasteiger partial charge in [0.2, 0.25) is 10.0 Å². The molecule has 1 fully saturated rings. The SMILES string of the molecule is Cc1nn(C(=O)c2ccccc2Cl)c(C)c1S(=O)(=O)N1CCCC1. The fourth-order valence-corrected chi connectivity index (χ4v) is 5.09. The zero-order valence-electron chi connectivity index (χ0n) is 13.5. The van der Waals surface area contributed by atoms with Crippen molar-refractivity contribution < 1.29 is 13.2 Å². The van der Waals surface area contributed by atoms with E-state index in [0.29, 0.717) is 29.5 Å². The molecule has 0 amide bonds. The van der Waals surface area contributed by atoms with E-state index in [0.717, 1.165) is 17.5 Å². The number of sulfonamides is 1. The first kappa shape index (κ1) is 17.1. The predicted molar refractivity (Wildman–Crippen MR) is 90.9 cm³/mol. The van der Waals surface area contributed by atoms with Crippen molar-refractivity contribution in [1.82, 2.24) is 14.1 Å². The van der Waals surface area contributed by atoms with E-state index >= 15 is 0 Å². The number of hydrogen-bond donors (Lipinski definition) is 0. The van der Waals surface area contributed by atoms with Gasteiger partial charge in [-0.15, -0.1) is 0 Å². The summed E-state index contributed by atoms with van der Waals surface area (Å²) < 4.78 is 28.3. The van der Waals surface area contributed by atoms with E-state index in [1.165, 1.54) is 4.31 Å². The summed E-state index contributed by atoms with van der Waals surface area (Å²) in [5, 5.41) is 4.47. The van der Waals surface area contributed by atoms with Gasteiger partial charge in [0.15, 0.2) is 0 Å². The molecular formula is C16H18ClN3O3S. The molecule has 0 N–H and O–H groups in total. The molecular weight excluding hydrogens is 350 g/mol. The molecule has 8 heteroatoms. The van der Waals surface area contributed by atoms with Gasteiger partial charge in [0.05, 0.1) is 22.0 Å². The normalized spacial score (nSPS) is 15.8. The van der Waals surface area contributed by atoms with E-state index in [9.17, 15) is 13.2 Å². The smallest absolute Gasteiger partial charge is 0.267 e. The average Bonchev–Trinajstić information content (AvgIpc) is 3.16. The van der Waals surface area contributed by atoms with Crippen LogP contribution in [0.1, 0.15) is 34.6 Å². The Morgan fingerprint density at radius 2 is 1.79 bits per heavy atom. The van der Waals surface area contributed by atoms with Gasteiger partial charge >= 0.3 is 0 Å². The number of aryl methyl sites for hydroxylation is 1. The van der Waals surface area contributed by atoms with Crippen LogP contribution in [0.2, 0.25) is 5.02 Å². The second-order valence-corrected chi connectivity index (χ2v) is 8.09. The monoisotopic (exact) mass is 367 g/mol. The molecule has 0 spiro atoms. The number of rotatable bonds is 3. The van der Waals surface area contributed by atoms with Crippen molar-refractivity contribution >= 4 is 27.5 Å². The summed E-state index contributed by atoms with van der Waals surface area (Å²) in [4.78, 5) is 12.8. The van der Waals surface area contributed by atoms with Crippen LogP contribution >= 0.6 is 11.6 Å². The maximum Gasteiger partial charge on any atom is 0.279 e. The van der Waals surface area contributed by atoms with Crippen LogP contribution in [0, 0.1) is 13.8 Å². The van der Waals surface area contributed by atoms with Gasteiger partial charge in [-0.25, -0.2) is 8.42 Å². The molecule has 1 aliphatic heterocycles. The third-order valence-corrected chi connectivity index (χ3v) is 6.67. The fraction of sp³-hybridized carbons (Fsp3) is 0.375. The van der Waals surface area contributed by atoms with Crippen LogP contribution < -0.4 is 0 Å². The highest BCUT2D eigenvalue weighted by Gasteiger charge is 2.33. The number of carbonyl (C=O) groups is 1. The Morgan fingerprint density at radius 3 is 2.42 bits per heavy atom. The standard InChI is InChI=1S/C16H18ClN3O3S/c1-11-15(24(22,23)19-9-5-6-10-19)12(2)20(18-11)16(21)13-7-3-4-8-14(13)17/h3-4,7-8H,5-6,9-10H2,1-2H3. The van der Waals surface area contributed by atoms with E-state index in [-0.39, 0.29) is 10.5 Å². The minimum atomic E-state index is -3.64. The fourth-order valence-electron chi connectivity index (χ4n) is 3.01. The van der Waals surface area contributed by atoms with Crippen LogP contribution in [-0.4, -0.2) is 41.5 Å². The van der Waals surface area contributed by atoms with Crippen molar-refractivity contribution in [3.63, 3.8) is 0 Å². The average molecular weight is 368 g/mol. The zero-order valence-corrected chi connectivity index (χ0v) is 15.1. The van der Waals surface area contributed by atoms with Crippen molar-refractivity contribution in [3.05, 3.63) is 46.2 Å². The number of benzene rings is 1. The third-order valence-electron chi connectivity index (χ3n) is 4.18. The molecule has 3 rings (SSSR count). The summed E-state index contributed by atoms with van der Waals surface area (Å²) >= 11 is 6.07. The summed E-state index contributed by atoms with van der Waals surface area (Å²) in [6.07, 6.45) is 1.70. The van der Waals surface area contributed by atoms with Crippen LogP contribution in [0.15, 0.2) is 29.2 Å². The molecule has 6 nitrogen and oxygen atoms in total. The number of hydrogen-bond acceptors (Lipinski definition) is 4. The highest BCUT2D eigenvalue weighted by Crippen LogP contribution is 2.27. The minimum Gasteiger partial charge on any atom is -0.267 e. The summed E-state index contributed by atoms with van der Waals surface area (Å²) in [6.45, 7) is 4.21. The summed E-state index contributed by atoms with van der Waals surface area (Å²) in [5.41, 5.74) is 0.916. The van der Waals surface area contributed by atoms with E-state index in [1.54, 1.807) is 38.1 Å². The second kappa shape index (κ2) is 6.31. The van der Waals surface area contributed by atoms with Crippen LogP contribution in [-0.2, 0) is 10.0 Å². The Morgan fingerprint density at radius 1 is 1.17 bits per heavy atom. The number of aromatic nitrogens is 2. The first-order chi connectivity index (χ1) is 11.3. The lowest BCUT2D eigenvalue weighted by Crippen LogP contribution is -2.29. The van der Waals surface area contributed by atoms with Gasteiger partial charge in [-0.1, -0.05) is 23.7 Å². The molecule has 0 atom stereocenters. The molecule has 128 valence electrons. The van der Waals surface area contributed by atoms with E-state index in [4.69, 9.17) is 11.6 Å². The topological polar surface area (TPSA) is 72.3 Å². The molecule has 2 heterocycles. The van der Waals surface area contributed by atoms with Crippen LogP contribution in [0.5, 0.6) is 0 Å². The highest BCUT2D eigenvalue weighted by molar-refractivity contribution is 7.89. The molecule has 1 aromatic carbocycles. The maximum atomic E-state index is 12.9.